The van der Waals surface area contributed by atoms with E-state index >= 15 is 0 Å². The van der Waals surface area contributed by atoms with Crippen LogP contribution in [0.25, 0.3) is 0 Å². The van der Waals surface area contributed by atoms with Gasteiger partial charge in [-0.3, -0.25) is 9.59 Å². The number of nitrogens with one attached hydrogen (secondary N) is 2. The smallest absolute Gasteiger partial charge is 0.251 e. The van der Waals surface area contributed by atoms with E-state index in [4.69, 9.17) is 0 Å². The van der Waals surface area contributed by atoms with Crippen LogP contribution in [0.1, 0.15) is 27.1 Å². The molecule has 2 amide bonds. The lowest BCUT2D eigenvalue weighted by atomic mass is 10.2. The van der Waals surface area contributed by atoms with Gasteiger partial charge < -0.3 is 19.8 Å². The van der Waals surface area contributed by atoms with Crippen molar-refractivity contribution in [3.8, 4) is 0 Å². The Balaban J connectivity index is 1.04. The van der Waals surface area contributed by atoms with E-state index in [0.717, 1.165) is 21.2 Å². The fraction of sp³-hybridized carbons (Fsp3) is 0.0732. The van der Waals surface area contributed by atoms with Crippen molar-refractivity contribution in [1.29, 1.82) is 0 Å². The van der Waals surface area contributed by atoms with E-state index in [1.54, 1.807) is 48.5 Å². The van der Waals surface area contributed by atoms with Crippen LogP contribution in [0.3, 0.4) is 0 Å². The van der Waals surface area contributed by atoms with Crippen LogP contribution in [0, 0.1) is 0 Å². The molecule has 8 heteroatoms. The molecule has 0 saturated carbocycles. The molecule has 0 aromatic heterocycles. The second kappa shape index (κ2) is 15.3. The minimum absolute atomic E-state index is 0.246. The van der Waals surface area contributed by atoms with Crippen LogP contribution < -0.4 is 42.5 Å². The van der Waals surface area contributed by atoms with E-state index in [0.29, 0.717) is 41.2 Å². The first-order valence-corrected chi connectivity index (χ1v) is 19.5. The molecule has 0 saturated heterocycles. The maximum Gasteiger partial charge on any atom is 0.251 e. The summed E-state index contributed by atoms with van der Waals surface area (Å²) in [5, 5.41) is 10.0. The molecule has 0 spiro atoms. The lowest BCUT2D eigenvalue weighted by Gasteiger charge is -2.20. The molecule has 6 aromatic rings. The fourth-order valence-electron chi connectivity index (χ4n) is 5.79. The number of carbonyl (C=O) groups is 2. The molecule has 0 atom stereocenters. The highest BCUT2D eigenvalue weighted by Gasteiger charge is 2.30. The molecule has 49 heavy (non-hydrogen) atoms. The molecule has 0 bridgehead atoms. The first-order chi connectivity index (χ1) is 23.9. The largest absolute Gasteiger partial charge is 0.352 e. The maximum absolute atomic E-state index is 14.5. The van der Waals surface area contributed by atoms with Gasteiger partial charge >= 0.3 is 0 Å². The Hall–Kier alpha value is -5.28. The Morgan fingerprint density at radius 2 is 0.612 bits per heavy atom. The second-order valence-corrected chi connectivity index (χ2v) is 17.1. The van der Waals surface area contributed by atoms with Gasteiger partial charge in [-0.1, -0.05) is 146 Å². The number of benzene rings is 6. The average molecular weight is 683 g/mol. The van der Waals surface area contributed by atoms with Crippen LogP contribution >= 0.6 is 14.3 Å². The molecule has 6 rings (SSSR count). The molecule has 0 aliphatic heterocycles. The van der Waals surface area contributed by atoms with Crippen molar-refractivity contribution in [2.24, 2.45) is 0 Å². The van der Waals surface area contributed by atoms with Gasteiger partial charge in [-0.05, 0) is 30.7 Å². The highest BCUT2D eigenvalue weighted by Crippen LogP contribution is 2.43. The third-order valence-corrected chi connectivity index (χ3v) is 14.5. The van der Waals surface area contributed by atoms with Gasteiger partial charge in [0.25, 0.3) is 11.8 Å². The molecule has 6 aromatic carbocycles. The van der Waals surface area contributed by atoms with E-state index in [9.17, 15) is 18.7 Å². The van der Waals surface area contributed by atoms with Gasteiger partial charge in [-0.15, -0.1) is 0 Å². The van der Waals surface area contributed by atoms with E-state index in [-0.39, 0.29) is 11.8 Å². The van der Waals surface area contributed by atoms with Crippen molar-refractivity contribution in [3.05, 3.63) is 181 Å². The number of carbonyl (C=O) groups excluding carboxylic acids is 2. The Bertz CT molecular complexity index is 1870. The summed E-state index contributed by atoms with van der Waals surface area (Å²) in [5.41, 5.74) is 0.924. The first kappa shape index (κ1) is 33.6. The van der Waals surface area contributed by atoms with Gasteiger partial charge in [0.1, 0.15) is 0 Å². The molecule has 0 radical (unpaired) electrons. The van der Waals surface area contributed by atoms with Crippen LogP contribution in [-0.4, -0.2) is 24.9 Å². The Labute approximate surface area is 287 Å². The summed E-state index contributed by atoms with van der Waals surface area (Å²) in [6.45, 7) is 0.729. The number of hydrogen-bond donors (Lipinski definition) is 2. The molecule has 0 unspecified atom stereocenters. The Kier molecular flexibility index (Phi) is 10.5. The predicted octanol–water partition coefficient (Wildman–Crippen LogP) is 5.52. The molecule has 0 aliphatic carbocycles. The SMILES string of the molecule is O=C(NCCCNC(=O)c1ccc(P(=O)(c2ccccc2)c2ccccc2)cc1)c1ccc(P(=O)(c2ccccc2)c2ccccc2)cc1. The topological polar surface area (TPSA) is 92.3 Å². The molecule has 244 valence electrons. The Morgan fingerprint density at radius 1 is 0.367 bits per heavy atom. The van der Waals surface area contributed by atoms with Crippen molar-refractivity contribution in [3.63, 3.8) is 0 Å². The van der Waals surface area contributed by atoms with Gasteiger partial charge in [0, 0.05) is 56.0 Å². The quantitative estimate of drug-likeness (QED) is 0.132. The average Bonchev–Trinajstić information content (AvgIpc) is 3.18. The minimum atomic E-state index is -3.12. The summed E-state index contributed by atoms with van der Waals surface area (Å²) in [4.78, 5) is 25.8. The molecule has 0 heterocycles. The van der Waals surface area contributed by atoms with E-state index < -0.39 is 14.3 Å². The molecule has 0 aliphatic rings. The fourth-order valence-corrected chi connectivity index (χ4v) is 11.1. The predicted molar refractivity (Wildman–Crippen MR) is 201 cm³/mol. The normalized spacial score (nSPS) is 11.4. The van der Waals surface area contributed by atoms with Gasteiger partial charge in [-0.2, -0.15) is 0 Å². The van der Waals surface area contributed by atoms with Crippen molar-refractivity contribution in [1.82, 2.24) is 10.6 Å². The monoisotopic (exact) mass is 682 g/mol. The van der Waals surface area contributed by atoms with E-state index in [2.05, 4.69) is 10.6 Å². The van der Waals surface area contributed by atoms with Crippen molar-refractivity contribution in [2.45, 2.75) is 6.42 Å². The Morgan fingerprint density at radius 3 is 0.878 bits per heavy atom. The van der Waals surface area contributed by atoms with Gasteiger partial charge in [0.05, 0.1) is 0 Å². The molecule has 2 N–H and O–H groups in total. The van der Waals surface area contributed by atoms with Crippen molar-refractivity contribution < 1.29 is 18.7 Å². The lowest BCUT2D eigenvalue weighted by molar-refractivity contribution is 0.0951. The maximum atomic E-state index is 14.5. The summed E-state index contributed by atoms with van der Waals surface area (Å²) in [5.74, 6) is -0.493. The van der Waals surface area contributed by atoms with Crippen molar-refractivity contribution in [2.75, 3.05) is 13.1 Å². The van der Waals surface area contributed by atoms with Crippen LogP contribution in [0.15, 0.2) is 170 Å². The molecular formula is C41H36N2O4P2. The third-order valence-electron chi connectivity index (χ3n) is 8.39. The van der Waals surface area contributed by atoms with Crippen molar-refractivity contribution >= 4 is 57.9 Å². The number of hydrogen-bond acceptors (Lipinski definition) is 4. The van der Waals surface area contributed by atoms with Crippen LogP contribution in [0.4, 0.5) is 0 Å². The lowest BCUT2D eigenvalue weighted by Crippen LogP contribution is -2.30. The third kappa shape index (κ3) is 7.27. The van der Waals surface area contributed by atoms with Crippen LogP contribution in [0.2, 0.25) is 0 Å². The summed E-state index contributed by atoms with van der Waals surface area (Å²) >= 11 is 0. The van der Waals surface area contributed by atoms with Crippen LogP contribution in [0.5, 0.6) is 0 Å². The zero-order valence-electron chi connectivity index (χ0n) is 26.8. The summed E-state index contributed by atoms with van der Waals surface area (Å²) in [6.07, 6.45) is 0.530. The van der Waals surface area contributed by atoms with Gasteiger partial charge in [-0.25, -0.2) is 0 Å². The zero-order valence-corrected chi connectivity index (χ0v) is 28.6. The minimum Gasteiger partial charge on any atom is -0.352 e. The molecule has 0 fully saturated rings. The number of rotatable bonds is 12. The first-order valence-electron chi connectivity index (χ1n) is 16.1. The highest BCUT2D eigenvalue weighted by molar-refractivity contribution is 7.85. The summed E-state index contributed by atoms with van der Waals surface area (Å²) < 4.78 is 29.1. The summed E-state index contributed by atoms with van der Waals surface area (Å²) in [7, 11) is -6.23. The zero-order chi connectivity index (χ0) is 34.1. The van der Waals surface area contributed by atoms with E-state index in [1.807, 2.05) is 121 Å². The standard InChI is InChI=1S/C41H36N2O4P2/c44-40(32-22-26-38(27-23-32)48(46,34-14-5-1-6-15-34)35-16-7-2-8-17-35)42-30-13-31-43-41(45)33-24-28-39(29-25-33)49(47,36-18-9-3-10-19-36)37-20-11-4-12-21-37/h1-12,14-29H,13,30-31H2,(H,42,44)(H,43,45). The highest BCUT2D eigenvalue weighted by atomic mass is 31.2. The van der Waals surface area contributed by atoms with Gasteiger partial charge in [0.2, 0.25) is 0 Å². The molecular weight excluding hydrogens is 646 g/mol. The number of amides is 2. The second-order valence-electron chi connectivity index (χ2n) is 11.5. The van der Waals surface area contributed by atoms with Crippen LogP contribution in [-0.2, 0) is 9.13 Å². The molecule has 6 nitrogen and oxygen atoms in total. The van der Waals surface area contributed by atoms with E-state index in [1.165, 1.54) is 0 Å². The summed E-state index contributed by atoms with van der Waals surface area (Å²) in [6, 6.07) is 51.4. The van der Waals surface area contributed by atoms with Gasteiger partial charge in [0.15, 0.2) is 14.3 Å².